The summed E-state index contributed by atoms with van der Waals surface area (Å²) in [6.45, 7) is 0.129. The Morgan fingerprint density at radius 2 is 2.21 bits per heavy atom. The van der Waals surface area contributed by atoms with Gasteiger partial charge in [0.05, 0.1) is 12.5 Å². The van der Waals surface area contributed by atoms with Gasteiger partial charge in [0.2, 0.25) is 0 Å². The molecule has 1 aromatic carbocycles. The molecule has 1 amide bonds. The van der Waals surface area contributed by atoms with Crippen LogP contribution >= 0.6 is 15.9 Å². The molecule has 0 saturated heterocycles. The minimum Gasteiger partial charge on any atom is -0.481 e. The van der Waals surface area contributed by atoms with Gasteiger partial charge in [0.1, 0.15) is 0 Å². The number of carbonyl (C=O) groups is 2. The number of methoxy groups -OCH3 is 1. The van der Waals surface area contributed by atoms with Gasteiger partial charge in [-0.25, -0.2) is 0 Å². The summed E-state index contributed by atoms with van der Waals surface area (Å²) in [5.74, 6) is -1.29. The molecule has 1 atom stereocenters. The third-order valence-corrected chi connectivity index (χ3v) is 3.18. The van der Waals surface area contributed by atoms with E-state index in [-0.39, 0.29) is 18.9 Å². The highest BCUT2D eigenvalue weighted by Gasteiger charge is 2.14. The zero-order valence-corrected chi connectivity index (χ0v) is 11.9. The van der Waals surface area contributed by atoms with Crippen LogP contribution < -0.4 is 11.1 Å². The number of amides is 1. The minimum absolute atomic E-state index is 0.129. The smallest absolute Gasteiger partial charge is 0.306 e. The maximum atomic E-state index is 11.8. The van der Waals surface area contributed by atoms with Gasteiger partial charge in [0.15, 0.2) is 0 Å². The molecule has 7 heteroatoms. The van der Waals surface area contributed by atoms with Crippen LogP contribution in [-0.2, 0) is 9.53 Å². The van der Waals surface area contributed by atoms with Crippen molar-refractivity contribution in [1.29, 1.82) is 0 Å². The van der Waals surface area contributed by atoms with Gasteiger partial charge in [-0.15, -0.1) is 0 Å². The van der Waals surface area contributed by atoms with E-state index >= 15 is 0 Å². The van der Waals surface area contributed by atoms with Crippen LogP contribution in [0.2, 0.25) is 0 Å². The van der Waals surface area contributed by atoms with Crippen LogP contribution in [-0.4, -0.2) is 36.7 Å². The molecule has 0 bridgehead atoms. The fourth-order valence-electron chi connectivity index (χ4n) is 1.41. The van der Waals surface area contributed by atoms with Crippen LogP contribution in [0.1, 0.15) is 16.8 Å². The number of nitrogens with two attached hydrogens (primary N) is 1. The Balaban J connectivity index is 2.59. The molecule has 1 aromatic rings. The lowest BCUT2D eigenvalue weighted by atomic mass is 10.2. The Bertz CT molecular complexity index is 479. The molecular formula is C12H15BrN2O4. The van der Waals surface area contributed by atoms with Crippen molar-refractivity contribution in [3.63, 3.8) is 0 Å². The molecule has 19 heavy (non-hydrogen) atoms. The van der Waals surface area contributed by atoms with E-state index in [0.717, 1.165) is 0 Å². The second kappa shape index (κ2) is 7.10. The summed E-state index contributed by atoms with van der Waals surface area (Å²) in [4.78, 5) is 22.4. The molecule has 1 unspecified atom stereocenters. The van der Waals surface area contributed by atoms with Crippen molar-refractivity contribution < 1.29 is 19.4 Å². The van der Waals surface area contributed by atoms with Crippen molar-refractivity contribution in [3.8, 4) is 0 Å². The van der Waals surface area contributed by atoms with Gasteiger partial charge >= 0.3 is 5.97 Å². The molecule has 0 aliphatic carbocycles. The topological polar surface area (TPSA) is 102 Å². The van der Waals surface area contributed by atoms with Crippen molar-refractivity contribution in [2.45, 2.75) is 12.5 Å². The van der Waals surface area contributed by atoms with Crippen molar-refractivity contribution in [2.75, 3.05) is 19.4 Å². The molecular weight excluding hydrogens is 316 g/mol. The number of anilines is 1. The van der Waals surface area contributed by atoms with Crippen LogP contribution in [0, 0.1) is 0 Å². The largest absolute Gasteiger partial charge is 0.481 e. The predicted molar refractivity (Wildman–Crippen MR) is 73.9 cm³/mol. The summed E-state index contributed by atoms with van der Waals surface area (Å²) >= 11 is 3.23. The van der Waals surface area contributed by atoms with Gasteiger partial charge in [0, 0.05) is 29.4 Å². The minimum atomic E-state index is -0.976. The Labute approximate surface area is 119 Å². The number of carbonyl (C=O) groups excluding carboxylic acids is 1. The molecule has 1 rings (SSSR count). The number of carboxylic acid groups (broad SMARTS) is 1. The summed E-state index contributed by atoms with van der Waals surface area (Å²) in [6, 6.07) is 4.81. The quantitative estimate of drug-likeness (QED) is 0.681. The first-order valence-corrected chi connectivity index (χ1v) is 6.31. The van der Waals surface area contributed by atoms with Gasteiger partial charge in [-0.05, 0) is 34.1 Å². The van der Waals surface area contributed by atoms with Crippen LogP contribution in [0.15, 0.2) is 22.7 Å². The number of ether oxygens (including phenoxy) is 1. The number of hydrogen-bond donors (Lipinski definition) is 3. The van der Waals surface area contributed by atoms with Gasteiger partial charge < -0.3 is 20.9 Å². The summed E-state index contributed by atoms with van der Waals surface area (Å²) in [5, 5.41) is 11.3. The van der Waals surface area contributed by atoms with Crippen molar-refractivity contribution >= 4 is 33.5 Å². The van der Waals surface area contributed by atoms with Gasteiger partial charge in [-0.1, -0.05) is 0 Å². The first-order valence-electron chi connectivity index (χ1n) is 5.52. The normalized spacial score (nSPS) is 11.9. The number of hydrogen-bond acceptors (Lipinski definition) is 4. The summed E-state index contributed by atoms with van der Waals surface area (Å²) < 4.78 is 5.60. The van der Waals surface area contributed by atoms with E-state index < -0.39 is 12.1 Å². The average molecular weight is 331 g/mol. The van der Waals surface area contributed by atoms with Crippen LogP contribution in [0.5, 0.6) is 0 Å². The van der Waals surface area contributed by atoms with E-state index in [9.17, 15) is 9.59 Å². The van der Waals surface area contributed by atoms with E-state index in [1.165, 1.54) is 7.11 Å². The zero-order chi connectivity index (χ0) is 14.4. The fourth-order valence-corrected chi connectivity index (χ4v) is 1.79. The molecule has 0 radical (unpaired) electrons. The molecule has 4 N–H and O–H groups in total. The highest BCUT2D eigenvalue weighted by atomic mass is 79.9. The van der Waals surface area contributed by atoms with E-state index in [2.05, 4.69) is 21.2 Å². The van der Waals surface area contributed by atoms with E-state index in [1.54, 1.807) is 18.2 Å². The third kappa shape index (κ3) is 4.88. The molecule has 0 spiro atoms. The third-order valence-electron chi connectivity index (χ3n) is 2.49. The highest BCUT2D eigenvalue weighted by Crippen LogP contribution is 2.20. The maximum absolute atomic E-state index is 11.8. The number of nitrogens with one attached hydrogen (secondary N) is 1. The molecule has 0 aliphatic heterocycles. The lowest BCUT2D eigenvalue weighted by molar-refractivity contribution is -0.139. The van der Waals surface area contributed by atoms with Crippen molar-refractivity contribution in [2.24, 2.45) is 0 Å². The average Bonchev–Trinajstić information content (AvgIpc) is 2.36. The number of rotatable bonds is 6. The van der Waals surface area contributed by atoms with Crippen molar-refractivity contribution in [3.05, 3.63) is 28.2 Å². The molecule has 0 aromatic heterocycles. The highest BCUT2D eigenvalue weighted by molar-refractivity contribution is 9.10. The monoisotopic (exact) mass is 330 g/mol. The molecule has 6 nitrogen and oxygen atoms in total. The number of aliphatic carboxylic acids is 1. The number of halogens is 1. The van der Waals surface area contributed by atoms with Crippen LogP contribution in [0.3, 0.4) is 0 Å². The second-order valence-corrected chi connectivity index (χ2v) is 4.76. The standard InChI is InChI=1S/C12H15BrN2O4/c1-19-8(5-11(16)17)6-15-12(18)7-2-3-10(14)9(13)4-7/h2-4,8H,5-6,14H2,1H3,(H,15,18)(H,16,17). The summed E-state index contributed by atoms with van der Waals surface area (Å²) in [6.07, 6.45) is -0.721. The molecule has 0 aliphatic rings. The molecule has 0 saturated carbocycles. The van der Waals surface area contributed by atoms with Crippen LogP contribution in [0.25, 0.3) is 0 Å². The first kappa shape index (κ1) is 15.5. The Hall–Kier alpha value is -1.60. The lowest BCUT2D eigenvalue weighted by Gasteiger charge is -2.14. The Morgan fingerprint density at radius 3 is 2.74 bits per heavy atom. The molecule has 104 valence electrons. The van der Waals surface area contributed by atoms with E-state index in [1.807, 2.05) is 0 Å². The number of carboxylic acids is 1. The van der Waals surface area contributed by atoms with E-state index in [0.29, 0.717) is 15.7 Å². The second-order valence-electron chi connectivity index (χ2n) is 3.90. The first-order chi connectivity index (χ1) is 8.93. The zero-order valence-electron chi connectivity index (χ0n) is 10.4. The summed E-state index contributed by atoms with van der Waals surface area (Å²) in [7, 11) is 1.40. The molecule has 0 fully saturated rings. The number of nitrogen functional groups attached to an aromatic ring is 1. The Morgan fingerprint density at radius 1 is 1.53 bits per heavy atom. The summed E-state index contributed by atoms with van der Waals surface area (Å²) in [5.41, 5.74) is 6.60. The lowest BCUT2D eigenvalue weighted by Crippen LogP contribution is -2.34. The SMILES string of the molecule is COC(CNC(=O)c1ccc(N)c(Br)c1)CC(=O)O. The number of benzene rings is 1. The van der Waals surface area contributed by atoms with Crippen molar-refractivity contribution in [1.82, 2.24) is 5.32 Å². The van der Waals surface area contributed by atoms with Gasteiger partial charge in [0.25, 0.3) is 5.91 Å². The van der Waals surface area contributed by atoms with Gasteiger partial charge in [-0.3, -0.25) is 9.59 Å². The fraction of sp³-hybridized carbons (Fsp3) is 0.333. The maximum Gasteiger partial charge on any atom is 0.306 e. The van der Waals surface area contributed by atoms with Crippen LogP contribution in [0.4, 0.5) is 5.69 Å². The van der Waals surface area contributed by atoms with E-state index in [4.69, 9.17) is 15.6 Å². The molecule has 0 heterocycles. The predicted octanol–water partition coefficient (Wildman–Crippen LogP) is 1.25. The Kier molecular flexibility index (Phi) is 5.78. The van der Waals surface area contributed by atoms with Gasteiger partial charge in [-0.2, -0.15) is 0 Å².